The van der Waals surface area contributed by atoms with Crippen molar-refractivity contribution in [1.29, 1.82) is 0 Å². The molecule has 0 saturated heterocycles. The highest BCUT2D eigenvalue weighted by atomic mass is 35.5. The van der Waals surface area contributed by atoms with E-state index in [2.05, 4.69) is 22.5 Å². The summed E-state index contributed by atoms with van der Waals surface area (Å²) >= 11 is 6.10. The molecule has 3 rings (SSSR count). The number of para-hydroxylation sites is 2. The number of hydrogen-bond donors (Lipinski definition) is 1. The minimum atomic E-state index is 0.0147. The monoisotopic (exact) mass is 395 g/mol. The molecule has 0 radical (unpaired) electrons. The van der Waals surface area contributed by atoms with E-state index in [9.17, 15) is 4.79 Å². The van der Waals surface area contributed by atoms with Crippen molar-refractivity contribution in [3.63, 3.8) is 0 Å². The lowest BCUT2D eigenvalue weighted by Gasteiger charge is -2.08. The fourth-order valence-electron chi connectivity index (χ4n) is 3.34. The van der Waals surface area contributed by atoms with Crippen molar-refractivity contribution in [3.05, 3.63) is 77.6 Å². The van der Waals surface area contributed by atoms with Crippen LogP contribution in [0.1, 0.15) is 30.7 Å². The van der Waals surface area contributed by atoms with Crippen molar-refractivity contribution < 1.29 is 4.79 Å². The number of aromatic nitrogens is 2. The van der Waals surface area contributed by atoms with Crippen LogP contribution in [0.3, 0.4) is 0 Å². The molecule has 2 aromatic carbocycles. The van der Waals surface area contributed by atoms with Crippen LogP contribution < -0.4 is 5.32 Å². The van der Waals surface area contributed by atoms with Crippen LogP contribution in [0.5, 0.6) is 0 Å². The van der Waals surface area contributed by atoms with Gasteiger partial charge in [0.1, 0.15) is 5.82 Å². The predicted molar refractivity (Wildman–Crippen MR) is 116 cm³/mol. The molecule has 1 amide bonds. The number of carbonyl (C=O) groups excluding carboxylic acids is 1. The first kappa shape index (κ1) is 20.2. The van der Waals surface area contributed by atoms with Crippen molar-refractivity contribution in [3.8, 4) is 0 Å². The number of rotatable bonds is 10. The third-order valence-corrected chi connectivity index (χ3v) is 5.12. The summed E-state index contributed by atoms with van der Waals surface area (Å²) in [5, 5.41) is 3.62. The summed E-state index contributed by atoms with van der Waals surface area (Å²) in [5.41, 5.74) is 3.05. The quantitative estimate of drug-likeness (QED) is 0.390. The van der Waals surface area contributed by atoms with Gasteiger partial charge >= 0.3 is 0 Å². The Hall–Kier alpha value is -2.59. The Labute approximate surface area is 171 Å². The molecule has 0 fully saturated rings. The molecule has 1 aromatic heterocycles. The van der Waals surface area contributed by atoms with Crippen molar-refractivity contribution in [2.45, 2.75) is 38.6 Å². The molecule has 1 N–H and O–H groups in total. The summed E-state index contributed by atoms with van der Waals surface area (Å²) in [7, 11) is 0. The van der Waals surface area contributed by atoms with E-state index in [-0.39, 0.29) is 5.91 Å². The topological polar surface area (TPSA) is 46.9 Å². The SMILES string of the molecule is C=CCn1c(CCCCCNC(=O)Cc2ccccc2Cl)nc2ccccc21. The van der Waals surface area contributed by atoms with Crippen LogP contribution in [0.2, 0.25) is 5.02 Å². The number of allylic oxidation sites excluding steroid dienone is 1. The molecule has 0 saturated carbocycles. The molecule has 146 valence electrons. The molecule has 1 heterocycles. The molecule has 0 spiro atoms. The van der Waals surface area contributed by atoms with Crippen LogP contribution in [-0.4, -0.2) is 22.0 Å². The molecule has 0 aliphatic carbocycles. The molecule has 3 aromatic rings. The Balaban J connectivity index is 1.41. The van der Waals surface area contributed by atoms with E-state index >= 15 is 0 Å². The van der Waals surface area contributed by atoms with Gasteiger partial charge in [-0.25, -0.2) is 4.98 Å². The molecular formula is C23H26ClN3O. The largest absolute Gasteiger partial charge is 0.356 e. The van der Waals surface area contributed by atoms with Gasteiger partial charge < -0.3 is 9.88 Å². The van der Waals surface area contributed by atoms with Crippen LogP contribution in [0.15, 0.2) is 61.2 Å². The Morgan fingerprint density at radius 3 is 2.71 bits per heavy atom. The zero-order valence-electron chi connectivity index (χ0n) is 16.0. The van der Waals surface area contributed by atoms with E-state index < -0.39 is 0 Å². The number of amides is 1. The lowest BCUT2D eigenvalue weighted by Crippen LogP contribution is -2.26. The van der Waals surface area contributed by atoms with Gasteiger partial charge in [0.15, 0.2) is 0 Å². The normalized spacial score (nSPS) is 10.9. The highest BCUT2D eigenvalue weighted by Gasteiger charge is 2.09. The Morgan fingerprint density at radius 1 is 1.11 bits per heavy atom. The second-order valence-corrected chi connectivity index (χ2v) is 7.25. The van der Waals surface area contributed by atoms with Crippen molar-refractivity contribution >= 4 is 28.5 Å². The van der Waals surface area contributed by atoms with E-state index in [0.717, 1.165) is 54.6 Å². The zero-order valence-corrected chi connectivity index (χ0v) is 16.8. The van der Waals surface area contributed by atoms with Crippen LogP contribution in [0.4, 0.5) is 0 Å². The number of halogens is 1. The smallest absolute Gasteiger partial charge is 0.224 e. The Kier molecular flexibility index (Phi) is 7.26. The summed E-state index contributed by atoms with van der Waals surface area (Å²) in [4.78, 5) is 16.8. The predicted octanol–water partition coefficient (Wildman–Crippen LogP) is 4.95. The lowest BCUT2D eigenvalue weighted by atomic mass is 10.1. The van der Waals surface area contributed by atoms with Crippen LogP contribution in [0, 0.1) is 0 Å². The molecular weight excluding hydrogens is 370 g/mol. The van der Waals surface area contributed by atoms with Crippen LogP contribution in [-0.2, 0) is 24.2 Å². The van der Waals surface area contributed by atoms with Gasteiger partial charge in [0, 0.05) is 24.5 Å². The van der Waals surface area contributed by atoms with Gasteiger partial charge in [-0.3, -0.25) is 4.79 Å². The van der Waals surface area contributed by atoms with Crippen LogP contribution >= 0.6 is 11.6 Å². The summed E-state index contributed by atoms with van der Waals surface area (Å²) in [6.45, 7) is 5.32. The lowest BCUT2D eigenvalue weighted by molar-refractivity contribution is -0.120. The molecule has 4 nitrogen and oxygen atoms in total. The summed E-state index contributed by atoms with van der Waals surface area (Å²) in [6, 6.07) is 15.7. The second kappa shape index (κ2) is 10.1. The van der Waals surface area contributed by atoms with Gasteiger partial charge in [-0.05, 0) is 36.6 Å². The third-order valence-electron chi connectivity index (χ3n) is 4.75. The minimum absolute atomic E-state index is 0.0147. The first-order valence-electron chi connectivity index (χ1n) is 9.74. The standard InChI is InChI=1S/C23H26ClN3O/c1-2-16-27-21-13-8-7-12-20(21)26-22(27)14-4-3-9-15-25-23(28)17-18-10-5-6-11-19(18)24/h2,5-8,10-13H,1,3-4,9,14-17H2,(H,25,28). The molecule has 0 unspecified atom stereocenters. The Morgan fingerprint density at radius 2 is 1.89 bits per heavy atom. The van der Waals surface area contributed by atoms with Crippen molar-refractivity contribution in [2.24, 2.45) is 0 Å². The fourth-order valence-corrected chi connectivity index (χ4v) is 3.54. The number of fused-ring (bicyclic) bond motifs is 1. The molecule has 28 heavy (non-hydrogen) atoms. The van der Waals surface area contributed by atoms with E-state index in [0.29, 0.717) is 18.0 Å². The maximum Gasteiger partial charge on any atom is 0.224 e. The van der Waals surface area contributed by atoms with Gasteiger partial charge in [0.2, 0.25) is 5.91 Å². The minimum Gasteiger partial charge on any atom is -0.356 e. The van der Waals surface area contributed by atoms with Gasteiger partial charge in [-0.1, -0.05) is 54.4 Å². The molecule has 0 bridgehead atoms. The highest BCUT2D eigenvalue weighted by molar-refractivity contribution is 6.31. The maximum atomic E-state index is 12.0. The first-order chi connectivity index (χ1) is 13.7. The van der Waals surface area contributed by atoms with Gasteiger partial charge in [-0.2, -0.15) is 0 Å². The van der Waals surface area contributed by atoms with Crippen molar-refractivity contribution in [1.82, 2.24) is 14.9 Å². The van der Waals surface area contributed by atoms with E-state index in [1.54, 1.807) is 0 Å². The first-order valence-corrected chi connectivity index (χ1v) is 10.1. The van der Waals surface area contributed by atoms with E-state index in [4.69, 9.17) is 16.6 Å². The van der Waals surface area contributed by atoms with Gasteiger partial charge in [0.05, 0.1) is 17.5 Å². The number of imidazole rings is 1. The number of benzene rings is 2. The number of carbonyl (C=O) groups is 1. The average molecular weight is 396 g/mol. The zero-order chi connectivity index (χ0) is 19.8. The molecule has 0 aliphatic rings. The number of hydrogen-bond acceptors (Lipinski definition) is 2. The summed E-state index contributed by atoms with van der Waals surface area (Å²) in [6.07, 6.45) is 6.20. The van der Waals surface area contributed by atoms with E-state index in [1.807, 2.05) is 48.5 Å². The van der Waals surface area contributed by atoms with Gasteiger partial charge in [-0.15, -0.1) is 6.58 Å². The number of nitrogens with one attached hydrogen (secondary N) is 1. The van der Waals surface area contributed by atoms with Gasteiger partial charge in [0.25, 0.3) is 0 Å². The Bertz CT molecular complexity index is 948. The van der Waals surface area contributed by atoms with E-state index in [1.165, 1.54) is 0 Å². The fraction of sp³-hybridized carbons (Fsp3) is 0.304. The summed E-state index contributed by atoms with van der Waals surface area (Å²) in [5.74, 6) is 1.12. The van der Waals surface area contributed by atoms with Crippen molar-refractivity contribution in [2.75, 3.05) is 6.54 Å². The maximum absolute atomic E-state index is 12.0. The number of aryl methyl sites for hydroxylation is 1. The van der Waals surface area contributed by atoms with Crippen LogP contribution in [0.25, 0.3) is 11.0 Å². The average Bonchev–Trinajstić information content (AvgIpc) is 3.04. The molecule has 5 heteroatoms. The molecule has 0 aliphatic heterocycles. The number of unbranched alkanes of at least 4 members (excludes halogenated alkanes) is 2. The second-order valence-electron chi connectivity index (χ2n) is 6.84. The summed E-state index contributed by atoms with van der Waals surface area (Å²) < 4.78 is 2.23. The number of nitrogens with zero attached hydrogens (tertiary/aromatic N) is 2. The molecule has 0 atom stereocenters. The third kappa shape index (κ3) is 5.23. The highest BCUT2D eigenvalue weighted by Crippen LogP contribution is 2.18.